The predicted molar refractivity (Wildman–Crippen MR) is 196 cm³/mol. The molecule has 0 unspecified atom stereocenters. The third-order valence-electron chi connectivity index (χ3n) is 10.2. The number of quaternary nitrogens is 1. The summed E-state index contributed by atoms with van der Waals surface area (Å²) in [5.41, 5.74) is 0.486. The second-order valence-electron chi connectivity index (χ2n) is 13.7. The molecule has 0 aliphatic carbocycles. The molecule has 3 aliphatic rings. The van der Waals surface area contributed by atoms with E-state index in [0.29, 0.717) is 47.1 Å². The Morgan fingerprint density at radius 3 is 2.17 bits per heavy atom. The molecule has 0 saturated carbocycles. The highest BCUT2D eigenvalue weighted by molar-refractivity contribution is 6.07. The van der Waals surface area contributed by atoms with Crippen molar-refractivity contribution in [1.82, 2.24) is 9.47 Å². The van der Waals surface area contributed by atoms with Gasteiger partial charge in [0.2, 0.25) is 5.43 Å². The van der Waals surface area contributed by atoms with E-state index in [9.17, 15) is 18.4 Å². The van der Waals surface area contributed by atoms with Gasteiger partial charge >= 0.3 is 0 Å². The van der Waals surface area contributed by atoms with E-state index in [4.69, 9.17) is 14.2 Å². The van der Waals surface area contributed by atoms with E-state index >= 15 is 0 Å². The SMILES string of the molecule is CCCOc1cc(OC)cc(-n2cc(C(=O)N(CC)c3cc(F)cc(F)c3)c(=O)c3ccc(OCCCCCC[N+]45CCN(CC4)CC5)cc32)c1.[Br-]. The summed E-state index contributed by atoms with van der Waals surface area (Å²) in [5.74, 6) is -0.616. The number of hydrogen-bond acceptors (Lipinski definition) is 6. The van der Waals surface area contributed by atoms with Gasteiger partial charge in [-0.2, -0.15) is 0 Å². The molecule has 0 atom stereocenters. The van der Waals surface area contributed by atoms with Gasteiger partial charge < -0.3 is 45.1 Å². The van der Waals surface area contributed by atoms with E-state index in [1.807, 2.05) is 19.1 Å². The molecule has 9 nitrogen and oxygen atoms in total. The fourth-order valence-electron chi connectivity index (χ4n) is 7.32. The van der Waals surface area contributed by atoms with E-state index in [0.717, 1.165) is 37.5 Å². The highest BCUT2D eigenvalue weighted by atomic mass is 79.9. The van der Waals surface area contributed by atoms with Gasteiger partial charge in [0.05, 0.1) is 57.7 Å². The Kier molecular flexibility index (Phi) is 13.3. The van der Waals surface area contributed by atoms with Gasteiger partial charge in [-0.15, -0.1) is 0 Å². The molecule has 7 rings (SSSR count). The second kappa shape index (κ2) is 17.7. The average molecular weight is 784 g/mol. The Labute approximate surface area is 315 Å². The molecule has 0 spiro atoms. The Hall–Kier alpha value is -4.00. The monoisotopic (exact) mass is 782 g/mol. The number of fused-ring (bicyclic) bond motifs is 4. The summed E-state index contributed by atoms with van der Waals surface area (Å²) in [6, 6.07) is 13.5. The number of amides is 1. The number of carbonyl (C=O) groups is 1. The topological polar surface area (TPSA) is 73.2 Å². The molecule has 280 valence electrons. The predicted octanol–water partition coefficient (Wildman–Crippen LogP) is 3.82. The van der Waals surface area contributed by atoms with Crippen molar-refractivity contribution in [3.05, 3.63) is 88.2 Å². The van der Waals surface area contributed by atoms with Crippen molar-refractivity contribution in [2.75, 3.05) is 77.6 Å². The Morgan fingerprint density at radius 2 is 1.50 bits per heavy atom. The van der Waals surface area contributed by atoms with Crippen molar-refractivity contribution in [3.63, 3.8) is 0 Å². The van der Waals surface area contributed by atoms with E-state index in [1.54, 1.807) is 42.9 Å². The van der Waals surface area contributed by atoms with Crippen molar-refractivity contribution < 1.29 is 49.3 Å². The molecular weight excluding hydrogens is 734 g/mol. The lowest BCUT2D eigenvalue weighted by molar-refractivity contribution is -0.941. The molecule has 2 bridgehead atoms. The zero-order valence-corrected chi connectivity index (χ0v) is 31.9. The molecule has 3 aromatic carbocycles. The van der Waals surface area contributed by atoms with Crippen LogP contribution in [0, 0.1) is 11.6 Å². The number of halogens is 3. The molecule has 0 N–H and O–H groups in total. The first kappa shape index (κ1) is 39.2. The van der Waals surface area contributed by atoms with Crippen molar-refractivity contribution in [2.24, 2.45) is 0 Å². The number of carbonyl (C=O) groups excluding carboxylic acids is 1. The fourth-order valence-corrected chi connectivity index (χ4v) is 7.32. The van der Waals surface area contributed by atoms with Gasteiger partial charge in [0.1, 0.15) is 34.4 Å². The smallest absolute Gasteiger partial charge is 0.263 e. The van der Waals surface area contributed by atoms with Crippen molar-refractivity contribution in [1.29, 1.82) is 0 Å². The van der Waals surface area contributed by atoms with Gasteiger partial charge in [-0.1, -0.05) is 6.92 Å². The van der Waals surface area contributed by atoms with Crippen LogP contribution in [0.15, 0.2) is 65.6 Å². The first-order chi connectivity index (χ1) is 24.7. The summed E-state index contributed by atoms with van der Waals surface area (Å²) in [5, 5.41) is 0.291. The van der Waals surface area contributed by atoms with Crippen LogP contribution in [0.2, 0.25) is 0 Å². The quantitative estimate of drug-likeness (QED) is 0.127. The standard InChI is InChI=1S/C40H49F2N4O5.BrH/c1-4-19-50-35-25-32(24-34(26-35)49-3)45-28-37(40(48)44(5-2)31-22-29(41)21-30(42)23-31)39(47)36-11-10-33(27-38(36)45)51-20-9-7-6-8-15-46-16-12-43(13-17-46)14-18-46;/h10-11,21-28H,4-9,12-20H2,1-3H3;1H/q+1;/p-1. The summed E-state index contributed by atoms with van der Waals surface area (Å²) < 4.78 is 49.1. The van der Waals surface area contributed by atoms with Gasteiger partial charge in [-0.3, -0.25) is 14.5 Å². The van der Waals surface area contributed by atoms with Crippen LogP contribution in [-0.2, 0) is 0 Å². The molecule has 3 fully saturated rings. The fraction of sp³-hybridized carbons (Fsp3) is 0.450. The Balaban J connectivity index is 0.00000523. The molecule has 3 aliphatic heterocycles. The number of pyridine rings is 1. The number of benzene rings is 3. The molecule has 4 aromatic rings. The maximum atomic E-state index is 14.2. The van der Waals surface area contributed by atoms with Crippen LogP contribution in [0.25, 0.3) is 16.6 Å². The first-order valence-electron chi connectivity index (χ1n) is 18.2. The lowest BCUT2D eigenvalue weighted by atomic mass is 10.1. The summed E-state index contributed by atoms with van der Waals surface area (Å²) in [6.07, 6.45) is 6.70. The molecule has 0 radical (unpaired) electrons. The number of methoxy groups -OCH3 is 1. The third kappa shape index (κ3) is 8.95. The lowest BCUT2D eigenvalue weighted by Gasteiger charge is -2.50. The third-order valence-corrected chi connectivity index (χ3v) is 10.2. The Bertz CT molecular complexity index is 1880. The van der Waals surface area contributed by atoms with Gasteiger partial charge in [-0.05, 0) is 63.3 Å². The number of rotatable bonds is 16. The number of ether oxygens (including phenoxy) is 3. The average Bonchev–Trinajstić information content (AvgIpc) is 3.14. The normalized spacial score (nSPS) is 17.8. The molecule has 12 heteroatoms. The molecule has 1 amide bonds. The van der Waals surface area contributed by atoms with E-state index in [1.165, 1.54) is 74.2 Å². The van der Waals surface area contributed by atoms with Gasteiger partial charge in [-0.25, -0.2) is 8.78 Å². The maximum absolute atomic E-state index is 14.2. The number of aromatic nitrogens is 1. The minimum Gasteiger partial charge on any atom is -1.00 e. The maximum Gasteiger partial charge on any atom is 0.263 e. The van der Waals surface area contributed by atoms with Crippen LogP contribution >= 0.6 is 0 Å². The van der Waals surface area contributed by atoms with Crippen LogP contribution in [-0.4, -0.2) is 92.5 Å². The van der Waals surface area contributed by atoms with Gasteiger partial charge in [0.25, 0.3) is 5.91 Å². The molecule has 52 heavy (non-hydrogen) atoms. The van der Waals surface area contributed by atoms with Crippen LogP contribution in [0.1, 0.15) is 56.3 Å². The molecular formula is C40H49BrF2N4O5. The van der Waals surface area contributed by atoms with Gasteiger partial charge in [0.15, 0.2) is 0 Å². The van der Waals surface area contributed by atoms with Crippen molar-refractivity contribution in [2.45, 2.75) is 46.0 Å². The number of hydrogen-bond donors (Lipinski definition) is 0. The van der Waals surface area contributed by atoms with Crippen LogP contribution in [0.5, 0.6) is 17.2 Å². The number of nitrogens with zero attached hydrogens (tertiary/aromatic N) is 4. The van der Waals surface area contributed by atoms with Crippen molar-refractivity contribution >= 4 is 22.5 Å². The van der Waals surface area contributed by atoms with E-state index in [-0.39, 0.29) is 34.8 Å². The number of piperazine rings is 3. The van der Waals surface area contributed by atoms with Crippen LogP contribution < -0.4 is 41.5 Å². The van der Waals surface area contributed by atoms with E-state index < -0.39 is 23.0 Å². The molecule has 3 saturated heterocycles. The zero-order valence-electron chi connectivity index (χ0n) is 30.3. The highest BCUT2D eigenvalue weighted by Crippen LogP contribution is 2.30. The lowest BCUT2D eigenvalue weighted by Crippen LogP contribution is -3.00. The summed E-state index contributed by atoms with van der Waals surface area (Å²) in [4.78, 5) is 31.8. The minimum absolute atomic E-state index is 0. The highest BCUT2D eigenvalue weighted by Gasteiger charge is 2.37. The minimum atomic E-state index is -0.820. The van der Waals surface area contributed by atoms with Gasteiger partial charge in [0, 0.05) is 73.8 Å². The molecule has 4 heterocycles. The zero-order chi connectivity index (χ0) is 36.0. The molecule has 1 aromatic heterocycles. The second-order valence-corrected chi connectivity index (χ2v) is 13.7. The van der Waals surface area contributed by atoms with Crippen LogP contribution in [0.4, 0.5) is 14.5 Å². The first-order valence-corrected chi connectivity index (χ1v) is 18.2. The number of unbranched alkanes of at least 4 members (excludes halogenated alkanes) is 3. The number of anilines is 1. The Morgan fingerprint density at radius 1 is 0.827 bits per heavy atom. The van der Waals surface area contributed by atoms with E-state index in [2.05, 4.69) is 4.90 Å². The summed E-state index contributed by atoms with van der Waals surface area (Å²) in [7, 11) is 1.56. The largest absolute Gasteiger partial charge is 1.00 e. The summed E-state index contributed by atoms with van der Waals surface area (Å²) >= 11 is 0. The summed E-state index contributed by atoms with van der Waals surface area (Å²) in [6.45, 7) is 13.7. The van der Waals surface area contributed by atoms with Crippen molar-refractivity contribution in [3.8, 4) is 22.9 Å². The van der Waals surface area contributed by atoms with Crippen LogP contribution in [0.3, 0.4) is 0 Å².